The number of rotatable bonds is 2. The van der Waals surface area contributed by atoms with Crippen molar-refractivity contribution in [2.24, 2.45) is 0 Å². The molecule has 0 saturated heterocycles. The van der Waals surface area contributed by atoms with Crippen LogP contribution in [0.25, 0.3) is 11.1 Å². The number of hydrogen-bond donors (Lipinski definition) is 0. The Labute approximate surface area is 142 Å². The van der Waals surface area contributed by atoms with Crippen LogP contribution in [0.2, 0.25) is 0 Å². The first kappa shape index (κ1) is 16.9. The molecule has 6 heteroatoms. The molecule has 0 aliphatic heterocycles. The van der Waals surface area contributed by atoms with Crippen molar-refractivity contribution in [3.05, 3.63) is 86.6 Å². The highest BCUT2D eigenvalue weighted by Gasteiger charge is 2.04. The van der Waals surface area contributed by atoms with Gasteiger partial charge in [-0.1, -0.05) is 12.1 Å². The molecule has 2 aromatic carbocycles. The number of nitro groups is 1. The third-order valence-corrected chi connectivity index (χ3v) is 3.76. The lowest BCUT2D eigenvalue weighted by Gasteiger charge is -2.00. The molecule has 0 aliphatic rings. The van der Waals surface area contributed by atoms with E-state index in [-0.39, 0.29) is 5.69 Å². The van der Waals surface area contributed by atoms with Gasteiger partial charge in [0, 0.05) is 17.5 Å². The van der Waals surface area contributed by atoms with Crippen molar-refractivity contribution >= 4 is 17.0 Å². The third-order valence-electron chi connectivity index (χ3n) is 3.08. The zero-order chi connectivity index (χ0) is 17.4. The Hall–Kier alpha value is -3.48. The molecule has 0 aliphatic carbocycles. The van der Waals surface area contributed by atoms with Gasteiger partial charge < -0.3 is 0 Å². The molecule has 116 valence electrons. The van der Waals surface area contributed by atoms with Crippen LogP contribution >= 0.6 is 11.3 Å². The number of nitrogens with zero attached hydrogens (tertiary/aromatic N) is 3. The van der Waals surface area contributed by atoms with Crippen molar-refractivity contribution in [3.8, 4) is 23.3 Å². The van der Waals surface area contributed by atoms with Crippen LogP contribution in [0.15, 0.2) is 65.4 Å². The monoisotopic (exact) mass is 333 g/mol. The van der Waals surface area contributed by atoms with Gasteiger partial charge in [0.2, 0.25) is 0 Å². The number of nitriles is 2. The summed E-state index contributed by atoms with van der Waals surface area (Å²) < 4.78 is 0. The number of benzene rings is 2. The summed E-state index contributed by atoms with van der Waals surface area (Å²) >= 11 is 1.54. The molecule has 0 bridgehead atoms. The second-order valence-corrected chi connectivity index (χ2v) is 5.40. The summed E-state index contributed by atoms with van der Waals surface area (Å²) in [6.07, 6.45) is 0. The smallest absolute Gasteiger partial charge is 0.258 e. The van der Waals surface area contributed by atoms with Crippen LogP contribution in [0.4, 0.5) is 5.69 Å². The van der Waals surface area contributed by atoms with Gasteiger partial charge in [-0.3, -0.25) is 10.1 Å². The minimum Gasteiger partial charge on any atom is -0.258 e. The zero-order valence-corrected chi connectivity index (χ0v) is 13.2. The summed E-state index contributed by atoms with van der Waals surface area (Å²) in [4.78, 5) is 10.1. The van der Waals surface area contributed by atoms with E-state index >= 15 is 0 Å². The van der Waals surface area contributed by atoms with Gasteiger partial charge in [-0.25, -0.2) is 0 Å². The third kappa shape index (κ3) is 4.51. The van der Waals surface area contributed by atoms with Crippen molar-refractivity contribution < 1.29 is 4.92 Å². The maximum Gasteiger partial charge on any atom is 0.269 e. The van der Waals surface area contributed by atoms with Crippen molar-refractivity contribution in [3.63, 3.8) is 0 Å². The Bertz CT molecular complexity index is 887. The van der Waals surface area contributed by atoms with Crippen LogP contribution in [-0.4, -0.2) is 4.92 Å². The van der Waals surface area contributed by atoms with E-state index in [0.29, 0.717) is 5.56 Å². The highest BCUT2D eigenvalue weighted by atomic mass is 32.1. The molecule has 1 aromatic heterocycles. The van der Waals surface area contributed by atoms with E-state index < -0.39 is 4.92 Å². The molecule has 5 nitrogen and oxygen atoms in total. The number of nitro benzene ring substituents is 1. The van der Waals surface area contributed by atoms with Crippen LogP contribution in [0, 0.1) is 32.8 Å². The average Bonchev–Trinajstić information content (AvgIpc) is 3.16. The summed E-state index contributed by atoms with van der Waals surface area (Å²) in [5.74, 6) is 0. The van der Waals surface area contributed by atoms with E-state index in [9.17, 15) is 10.1 Å². The van der Waals surface area contributed by atoms with Crippen molar-refractivity contribution in [2.45, 2.75) is 0 Å². The van der Waals surface area contributed by atoms with Gasteiger partial charge in [-0.15, -0.1) is 0 Å². The first-order valence-electron chi connectivity index (χ1n) is 6.81. The van der Waals surface area contributed by atoms with E-state index in [0.717, 1.165) is 16.7 Å². The number of thiophene rings is 1. The lowest BCUT2D eigenvalue weighted by atomic mass is 10.0. The molecule has 0 radical (unpaired) electrons. The summed E-state index contributed by atoms with van der Waals surface area (Å²) in [6, 6.07) is 19.2. The fourth-order valence-electron chi connectivity index (χ4n) is 1.84. The molecule has 0 atom stereocenters. The van der Waals surface area contributed by atoms with E-state index in [1.165, 1.54) is 12.1 Å². The number of hydrogen-bond acceptors (Lipinski definition) is 5. The first-order chi connectivity index (χ1) is 11.6. The second-order valence-electron chi connectivity index (χ2n) is 4.62. The van der Waals surface area contributed by atoms with E-state index in [2.05, 4.69) is 0 Å². The largest absolute Gasteiger partial charge is 0.269 e. The highest BCUT2D eigenvalue weighted by molar-refractivity contribution is 7.08. The SMILES string of the molecule is N#Cc1ccc(-c2ccc([N+](=O)[O-])cc2)cc1.N#Cc1ccsc1. The van der Waals surface area contributed by atoms with Crippen molar-refractivity contribution in [2.75, 3.05) is 0 Å². The molecule has 24 heavy (non-hydrogen) atoms. The molecule has 3 rings (SSSR count). The Morgan fingerprint density at radius 2 is 1.38 bits per heavy atom. The lowest BCUT2D eigenvalue weighted by Crippen LogP contribution is -1.87. The number of non-ortho nitro benzene ring substituents is 1. The molecule has 0 saturated carbocycles. The fourth-order valence-corrected chi connectivity index (χ4v) is 2.42. The van der Waals surface area contributed by atoms with Crippen LogP contribution in [0.5, 0.6) is 0 Å². The molecule has 3 aromatic rings. The molecule has 0 fully saturated rings. The van der Waals surface area contributed by atoms with Crippen LogP contribution in [0.3, 0.4) is 0 Å². The van der Waals surface area contributed by atoms with E-state index in [1.54, 1.807) is 41.7 Å². The van der Waals surface area contributed by atoms with Crippen LogP contribution in [-0.2, 0) is 0 Å². The average molecular weight is 333 g/mol. The van der Waals surface area contributed by atoms with Crippen LogP contribution < -0.4 is 0 Å². The zero-order valence-electron chi connectivity index (χ0n) is 12.4. The van der Waals surface area contributed by atoms with E-state index in [1.807, 2.05) is 35.0 Å². The molecular formula is C18H11N3O2S. The van der Waals surface area contributed by atoms with E-state index in [4.69, 9.17) is 10.5 Å². The molecular weight excluding hydrogens is 322 g/mol. The normalized spacial score (nSPS) is 9.08. The Morgan fingerprint density at radius 1 is 0.833 bits per heavy atom. The highest BCUT2D eigenvalue weighted by Crippen LogP contribution is 2.22. The molecule has 0 unspecified atom stereocenters. The summed E-state index contributed by atoms with van der Waals surface area (Å²) in [6.45, 7) is 0. The molecule has 0 amide bonds. The van der Waals surface area contributed by atoms with Gasteiger partial charge in [0.05, 0.1) is 28.2 Å². The van der Waals surface area contributed by atoms with Gasteiger partial charge in [0.1, 0.15) is 0 Å². The predicted octanol–water partition coefficient (Wildman–Crippen LogP) is 4.75. The maximum atomic E-state index is 10.5. The maximum absolute atomic E-state index is 10.5. The van der Waals surface area contributed by atoms with Gasteiger partial charge in [0.25, 0.3) is 5.69 Å². The quantitative estimate of drug-likeness (QED) is 0.499. The molecule has 1 heterocycles. The van der Waals surface area contributed by atoms with Crippen LogP contribution in [0.1, 0.15) is 11.1 Å². The lowest BCUT2D eigenvalue weighted by molar-refractivity contribution is -0.384. The Kier molecular flexibility index (Phi) is 5.79. The van der Waals surface area contributed by atoms with Gasteiger partial charge >= 0.3 is 0 Å². The van der Waals surface area contributed by atoms with Crippen molar-refractivity contribution in [1.29, 1.82) is 10.5 Å². The standard InChI is InChI=1S/C13H8N2O2.C5H3NS/c14-9-10-1-3-11(4-2-10)12-5-7-13(8-6-12)15(16)17;6-3-5-1-2-7-4-5/h1-8H;1-2,4H. The topological polar surface area (TPSA) is 90.7 Å². The van der Waals surface area contributed by atoms with Gasteiger partial charge in [-0.05, 0) is 46.8 Å². The Morgan fingerprint density at radius 3 is 1.75 bits per heavy atom. The van der Waals surface area contributed by atoms with Gasteiger partial charge in [-0.2, -0.15) is 21.9 Å². The van der Waals surface area contributed by atoms with Gasteiger partial charge in [0.15, 0.2) is 0 Å². The minimum absolute atomic E-state index is 0.0717. The summed E-state index contributed by atoms with van der Waals surface area (Å²) in [5.41, 5.74) is 3.24. The fraction of sp³-hybridized carbons (Fsp3) is 0. The Balaban J connectivity index is 0.000000249. The molecule has 0 N–H and O–H groups in total. The van der Waals surface area contributed by atoms with Crippen molar-refractivity contribution in [1.82, 2.24) is 0 Å². The minimum atomic E-state index is -0.428. The summed E-state index contributed by atoms with van der Waals surface area (Å²) in [7, 11) is 0. The second kappa shape index (κ2) is 8.23. The predicted molar refractivity (Wildman–Crippen MR) is 92.3 cm³/mol. The first-order valence-corrected chi connectivity index (χ1v) is 7.75. The summed E-state index contributed by atoms with van der Waals surface area (Å²) in [5, 5.41) is 31.1. The molecule has 0 spiro atoms.